The zero-order valence-corrected chi connectivity index (χ0v) is 20.7. The molecule has 0 saturated heterocycles. The van der Waals surface area contributed by atoms with Crippen LogP contribution in [0.2, 0.25) is 0 Å². The standard InChI is InChI=1S/C31H45F/c1-3-5-7-9-26-12-16-28(17-13-26)20-22-30-23-21-29(24-31(30)32)19-18-27-14-10-25(11-15-27)8-6-4-2/h12-13,16-17,21,23-25,27H,3-11,14-15,18-20,22H2,1-2H3. The number of hydrogen-bond donors (Lipinski definition) is 0. The first-order valence-electron chi connectivity index (χ1n) is 13.5. The van der Waals surface area contributed by atoms with Crippen molar-refractivity contribution in [1.82, 2.24) is 0 Å². The van der Waals surface area contributed by atoms with Gasteiger partial charge in [0.1, 0.15) is 5.82 Å². The van der Waals surface area contributed by atoms with Gasteiger partial charge in [0.15, 0.2) is 0 Å². The molecule has 1 saturated carbocycles. The molecule has 0 unspecified atom stereocenters. The number of aryl methyl sites for hydroxylation is 4. The van der Waals surface area contributed by atoms with Crippen LogP contribution in [0.5, 0.6) is 0 Å². The summed E-state index contributed by atoms with van der Waals surface area (Å²) in [7, 11) is 0. The van der Waals surface area contributed by atoms with Crippen LogP contribution in [0.15, 0.2) is 42.5 Å². The number of benzene rings is 2. The smallest absolute Gasteiger partial charge is 0.126 e. The zero-order valence-electron chi connectivity index (χ0n) is 20.7. The topological polar surface area (TPSA) is 0 Å². The number of hydrogen-bond acceptors (Lipinski definition) is 0. The van der Waals surface area contributed by atoms with Crippen LogP contribution in [0.1, 0.15) is 107 Å². The monoisotopic (exact) mass is 436 g/mol. The van der Waals surface area contributed by atoms with E-state index in [0.29, 0.717) is 0 Å². The summed E-state index contributed by atoms with van der Waals surface area (Å²) in [5.74, 6) is 1.81. The predicted octanol–water partition coefficient (Wildman–Crippen LogP) is 9.27. The van der Waals surface area contributed by atoms with E-state index in [0.717, 1.165) is 36.7 Å². The third-order valence-corrected chi connectivity index (χ3v) is 7.67. The van der Waals surface area contributed by atoms with Crippen molar-refractivity contribution in [2.75, 3.05) is 0 Å². The van der Waals surface area contributed by atoms with E-state index in [4.69, 9.17) is 0 Å². The van der Waals surface area contributed by atoms with Crippen LogP contribution in [0.4, 0.5) is 4.39 Å². The second kappa shape index (κ2) is 13.8. The van der Waals surface area contributed by atoms with Crippen molar-refractivity contribution in [3.63, 3.8) is 0 Å². The second-order valence-corrected chi connectivity index (χ2v) is 10.3. The molecule has 0 N–H and O–H groups in total. The van der Waals surface area contributed by atoms with Crippen LogP contribution in [0.25, 0.3) is 0 Å². The molecule has 0 nitrogen and oxygen atoms in total. The number of rotatable bonds is 13. The molecule has 0 aliphatic heterocycles. The van der Waals surface area contributed by atoms with Gasteiger partial charge in [0.2, 0.25) is 0 Å². The average Bonchev–Trinajstić information content (AvgIpc) is 2.82. The van der Waals surface area contributed by atoms with Crippen molar-refractivity contribution in [3.05, 3.63) is 70.5 Å². The molecule has 1 heteroatoms. The van der Waals surface area contributed by atoms with Gasteiger partial charge in [-0.25, -0.2) is 4.39 Å². The van der Waals surface area contributed by atoms with Crippen molar-refractivity contribution in [2.45, 2.75) is 110 Å². The van der Waals surface area contributed by atoms with E-state index in [1.165, 1.54) is 93.7 Å². The maximum absolute atomic E-state index is 14.7. The lowest BCUT2D eigenvalue weighted by Gasteiger charge is -2.28. The number of halogens is 1. The first-order chi connectivity index (χ1) is 15.7. The fraction of sp³-hybridized carbons (Fsp3) is 0.613. The molecule has 0 bridgehead atoms. The Kier molecular flexibility index (Phi) is 10.8. The van der Waals surface area contributed by atoms with Gasteiger partial charge in [0.25, 0.3) is 0 Å². The largest absolute Gasteiger partial charge is 0.207 e. The summed E-state index contributed by atoms with van der Waals surface area (Å²) >= 11 is 0. The van der Waals surface area contributed by atoms with Crippen LogP contribution in [0, 0.1) is 17.7 Å². The summed E-state index contributed by atoms with van der Waals surface area (Å²) in [5, 5.41) is 0. The summed E-state index contributed by atoms with van der Waals surface area (Å²) in [4.78, 5) is 0. The normalized spacial score (nSPS) is 18.7. The molecule has 0 aromatic heterocycles. The van der Waals surface area contributed by atoms with Gasteiger partial charge in [-0.15, -0.1) is 0 Å². The van der Waals surface area contributed by atoms with Gasteiger partial charge in [0.05, 0.1) is 0 Å². The molecule has 1 aliphatic rings. The van der Waals surface area contributed by atoms with Gasteiger partial charge in [-0.2, -0.15) is 0 Å². The first-order valence-corrected chi connectivity index (χ1v) is 13.5. The average molecular weight is 437 g/mol. The Morgan fingerprint density at radius 2 is 1.22 bits per heavy atom. The Morgan fingerprint density at radius 1 is 0.625 bits per heavy atom. The van der Waals surface area contributed by atoms with E-state index in [1.807, 2.05) is 6.07 Å². The van der Waals surface area contributed by atoms with Crippen LogP contribution < -0.4 is 0 Å². The lowest BCUT2D eigenvalue weighted by atomic mass is 9.78. The SMILES string of the molecule is CCCCCc1ccc(CCc2ccc(CCC3CCC(CCCC)CC3)cc2F)cc1. The fourth-order valence-electron chi connectivity index (χ4n) is 5.35. The molecule has 3 rings (SSSR count). The maximum atomic E-state index is 14.7. The molecular formula is C31H45F. The maximum Gasteiger partial charge on any atom is 0.126 e. The molecule has 2 aromatic rings. The van der Waals surface area contributed by atoms with Crippen molar-refractivity contribution in [2.24, 2.45) is 11.8 Å². The Bertz CT molecular complexity index is 768. The highest BCUT2D eigenvalue weighted by Crippen LogP contribution is 2.34. The van der Waals surface area contributed by atoms with Crippen LogP contribution in [-0.2, 0) is 25.7 Å². The van der Waals surface area contributed by atoms with Gasteiger partial charge < -0.3 is 0 Å². The molecule has 0 spiro atoms. The first kappa shape index (κ1) is 25.0. The third kappa shape index (κ3) is 8.38. The number of unbranched alkanes of at least 4 members (excludes halogenated alkanes) is 3. The van der Waals surface area contributed by atoms with Gasteiger partial charge in [-0.3, -0.25) is 0 Å². The van der Waals surface area contributed by atoms with Crippen LogP contribution in [0.3, 0.4) is 0 Å². The van der Waals surface area contributed by atoms with E-state index < -0.39 is 0 Å². The third-order valence-electron chi connectivity index (χ3n) is 7.67. The summed E-state index contributed by atoms with van der Waals surface area (Å²) in [5.41, 5.74) is 4.77. The van der Waals surface area contributed by atoms with Gasteiger partial charge >= 0.3 is 0 Å². The van der Waals surface area contributed by atoms with Crippen molar-refractivity contribution < 1.29 is 4.39 Å². The van der Waals surface area contributed by atoms with Gasteiger partial charge in [-0.05, 0) is 78.7 Å². The fourth-order valence-corrected chi connectivity index (χ4v) is 5.35. The zero-order chi connectivity index (χ0) is 22.6. The van der Waals surface area contributed by atoms with Crippen LogP contribution >= 0.6 is 0 Å². The highest BCUT2D eigenvalue weighted by molar-refractivity contribution is 5.27. The highest BCUT2D eigenvalue weighted by Gasteiger charge is 2.20. The lowest BCUT2D eigenvalue weighted by molar-refractivity contribution is 0.250. The van der Waals surface area contributed by atoms with Crippen molar-refractivity contribution in [1.29, 1.82) is 0 Å². The molecule has 0 atom stereocenters. The Balaban J connectivity index is 1.40. The van der Waals surface area contributed by atoms with Crippen molar-refractivity contribution >= 4 is 0 Å². The van der Waals surface area contributed by atoms with Gasteiger partial charge in [-0.1, -0.05) is 108 Å². The molecular weight excluding hydrogens is 391 g/mol. The van der Waals surface area contributed by atoms with E-state index in [-0.39, 0.29) is 5.82 Å². The Morgan fingerprint density at radius 3 is 1.84 bits per heavy atom. The minimum absolute atomic E-state index is 0.0121. The van der Waals surface area contributed by atoms with E-state index in [1.54, 1.807) is 6.07 Å². The van der Waals surface area contributed by atoms with E-state index in [9.17, 15) is 4.39 Å². The molecule has 2 aromatic carbocycles. The second-order valence-electron chi connectivity index (χ2n) is 10.3. The minimum atomic E-state index is -0.0121. The van der Waals surface area contributed by atoms with Gasteiger partial charge in [0, 0.05) is 0 Å². The quantitative estimate of drug-likeness (QED) is 0.274. The molecule has 1 aliphatic carbocycles. The molecule has 1 fully saturated rings. The molecule has 176 valence electrons. The van der Waals surface area contributed by atoms with E-state index >= 15 is 0 Å². The molecule has 0 amide bonds. The molecule has 32 heavy (non-hydrogen) atoms. The Labute approximate surface area is 197 Å². The summed E-state index contributed by atoms with van der Waals surface area (Å²) in [6.45, 7) is 4.54. The van der Waals surface area contributed by atoms with E-state index in [2.05, 4.69) is 44.2 Å². The highest BCUT2D eigenvalue weighted by atomic mass is 19.1. The minimum Gasteiger partial charge on any atom is -0.207 e. The Hall–Kier alpha value is -1.63. The summed E-state index contributed by atoms with van der Waals surface area (Å²) in [6.07, 6.45) is 18.7. The summed E-state index contributed by atoms with van der Waals surface area (Å²) in [6, 6.07) is 15.0. The predicted molar refractivity (Wildman–Crippen MR) is 137 cm³/mol. The van der Waals surface area contributed by atoms with Crippen molar-refractivity contribution in [3.8, 4) is 0 Å². The molecule has 0 radical (unpaired) electrons. The van der Waals surface area contributed by atoms with Crippen LogP contribution in [-0.4, -0.2) is 0 Å². The molecule has 0 heterocycles. The summed E-state index contributed by atoms with van der Waals surface area (Å²) < 4.78 is 14.7. The lowest BCUT2D eigenvalue weighted by Crippen LogP contribution is -2.15.